The van der Waals surface area contributed by atoms with Crippen LogP contribution in [0.1, 0.15) is 36.7 Å². The van der Waals surface area contributed by atoms with Crippen molar-refractivity contribution in [2.75, 3.05) is 10.0 Å². The number of benzene rings is 2. The van der Waals surface area contributed by atoms with Gasteiger partial charge in [0.1, 0.15) is 5.76 Å². The molecule has 30 heavy (non-hydrogen) atoms. The number of amides is 1. The largest absolute Gasteiger partial charge is 0.360 e. The predicted octanol–water partition coefficient (Wildman–Crippen LogP) is 4.56. The Labute approximate surface area is 175 Å². The van der Waals surface area contributed by atoms with Crippen LogP contribution in [0.25, 0.3) is 6.08 Å². The second-order valence-corrected chi connectivity index (χ2v) is 8.78. The van der Waals surface area contributed by atoms with E-state index in [0.717, 1.165) is 5.56 Å². The topological polar surface area (TPSA) is 101 Å². The predicted molar refractivity (Wildman–Crippen MR) is 117 cm³/mol. The Morgan fingerprint density at radius 3 is 2.30 bits per heavy atom. The lowest BCUT2D eigenvalue weighted by atomic mass is 10.0. The van der Waals surface area contributed by atoms with Gasteiger partial charge in [0, 0.05) is 17.8 Å². The number of carbonyl (C=O) groups excluding carboxylic acids is 1. The van der Waals surface area contributed by atoms with Crippen molar-refractivity contribution in [3.05, 3.63) is 77.6 Å². The molecule has 0 aliphatic carbocycles. The van der Waals surface area contributed by atoms with Gasteiger partial charge in [-0.05, 0) is 54.3 Å². The van der Waals surface area contributed by atoms with E-state index in [9.17, 15) is 13.2 Å². The van der Waals surface area contributed by atoms with Gasteiger partial charge in [-0.2, -0.15) is 0 Å². The number of hydrogen-bond donors (Lipinski definition) is 2. The van der Waals surface area contributed by atoms with E-state index in [2.05, 4.69) is 29.0 Å². The first-order valence-corrected chi connectivity index (χ1v) is 10.9. The summed E-state index contributed by atoms with van der Waals surface area (Å²) in [5, 5.41) is 6.32. The lowest BCUT2D eigenvalue weighted by molar-refractivity contribution is -0.111. The summed E-state index contributed by atoms with van der Waals surface area (Å²) in [6, 6.07) is 15.3. The number of aromatic nitrogens is 1. The van der Waals surface area contributed by atoms with Crippen molar-refractivity contribution >= 4 is 33.5 Å². The first-order valence-electron chi connectivity index (χ1n) is 9.38. The Bertz CT molecular complexity index is 1150. The van der Waals surface area contributed by atoms with Gasteiger partial charge < -0.3 is 9.84 Å². The minimum atomic E-state index is -3.80. The van der Waals surface area contributed by atoms with Gasteiger partial charge in [-0.15, -0.1) is 0 Å². The Morgan fingerprint density at radius 2 is 1.73 bits per heavy atom. The van der Waals surface area contributed by atoms with Crippen LogP contribution in [0, 0.1) is 6.92 Å². The van der Waals surface area contributed by atoms with Crippen LogP contribution in [-0.4, -0.2) is 19.5 Å². The van der Waals surface area contributed by atoms with Crippen molar-refractivity contribution in [1.29, 1.82) is 0 Å². The molecular weight excluding hydrogens is 402 g/mol. The van der Waals surface area contributed by atoms with E-state index in [1.54, 1.807) is 13.0 Å². The van der Waals surface area contributed by atoms with Gasteiger partial charge in [0.05, 0.1) is 4.90 Å². The highest BCUT2D eigenvalue weighted by molar-refractivity contribution is 7.92. The molecular formula is C22H23N3O4S. The number of sulfonamides is 1. The Kier molecular flexibility index (Phi) is 6.37. The van der Waals surface area contributed by atoms with Gasteiger partial charge in [-0.25, -0.2) is 8.42 Å². The molecule has 1 heterocycles. The number of rotatable bonds is 7. The van der Waals surface area contributed by atoms with Crippen LogP contribution in [0.5, 0.6) is 0 Å². The molecule has 2 aromatic carbocycles. The molecule has 0 saturated carbocycles. The molecule has 3 rings (SSSR count). The third-order valence-electron chi connectivity index (χ3n) is 4.33. The van der Waals surface area contributed by atoms with E-state index in [1.807, 2.05) is 24.3 Å². The van der Waals surface area contributed by atoms with Crippen LogP contribution in [0.15, 0.2) is 70.1 Å². The Balaban J connectivity index is 1.61. The quantitative estimate of drug-likeness (QED) is 0.541. The average molecular weight is 426 g/mol. The van der Waals surface area contributed by atoms with Crippen LogP contribution in [0.2, 0.25) is 0 Å². The molecule has 156 valence electrons. The molecule has 0 aliphatic heterocycles. The van der Waals surface area contributed by atoms with Crippen molar-refractivity contribution in [3.63, 3.8) is 0 Å². The van der Waals surface area contributed by atoms with Gasteiger partial charge in [-0.3, -0.25) is 9.52 Å². The molecule has 0 saturated heterocycles. The highest BCUT2D eigenvalue weighted by atomic mass is 32.2. The lowest BCUT2D eigenvalue weighted by Gasteiger charge is -2.07. The standard InChI is InChI=1S/C22H23N3O4S/c1-15(2)18-7-4-17(5-8-18)6-13-22(26)23-19-9-11-20(12-10-19)30(27,28)25-21-14-16(3)29-24-21/h4-15H,1-3H3,(H,23,26)(H,24,25)/b13-6+. The molecule has 3 aromatic rings. The molecule has 8 heteroatoms. The van der Waals surface area contributed by atoms with Crippen molar-refractivity contribution < 1.29 is 17.7 Å². The van der Waals surface area contributed by atoms with Crippen molar-refractivity contribution in [2.24, 2.45) is 0 Å². The summed E-state index contributed by atoms with van der Waals surface area (Å²) in [5.41, 5.74) is 2.64. The summed E-state index contributed by atoms with van der Waals surface area (Å²) in [5.74, 6) is 0.745. The zero-order valence-corrected chi connectivity index (χ0v) is 17.7. The third kappa shape index (κ3) is 5.57. The molecule has 1 amide bonds. The number of anilines is 2. The summed E-state index contributed by atoms with van der Waals surface area (Å²) < 4.78 is 31.9. The van der Waals surface area contributed by atoms with Crippen molar-refractivity contribution in [2.45, 2.75) is 31.6 Å². The second kappa shape index (κ2) is 8.96. The first-order chi connectivity index (χ1) is 14.2. The maximum Gasteiger partial charge on any atom is 0.263 e. The molecule has 0 fully saturated rings. The molecule has 2 N–H and O–H groups in total. The van der Waals surface area contributed by atoms with Gasteiger partial charge in [0.25, 0.3) is 10.0 Å². The minimum Gasteiger partial charge on any atom is -0.360 e. The van der Waals surface area contributed by atoms with Crippen LogP contribution in [0.4, 0.5) is 11.5 Å². The van der Waals surface area contributed by atoms with Gasteiger partial charge in [0.2, 0.25) is 5.91 Å². The normalized spacial score (nSPS) is 11.7. The number of nitrogens with zero attached hydrogens (tertiary/aromatic N) is 1. The maximum absolute atomic E-state index is 12.4. The Morgan fingerprint density at radius 1 is 1.07 bits per heavy atom. The summed E-state index contributed by atoms with van der Waals surface area (Å²) >= 11 is 0. The van der Waals surface area contributed by atoms with Crippen LogP contribution in [-0.2, 0) is 14.8 Å². The zero-order chi connectivity index (χ0) is 21.7. The number of aryl methyl sites for hydroxylation is 1. The van der Waals surface area contributed by atoms with E-state index in [-0.39, 0.29) is 16.6 Å². The molecule has 0 radical (unpaired) electrons. The monoisotopic (exact) mass is 425 g/mol. The maximum atomic E-state index is 12.4. The number of nitrogens with one attached hydrogen (secondary N) is 2. The number of carbonyl (C=O) groups is 1. The van der Waals surface area contributed by atoms with E-state index < -0.39 is 10.0 Å². The summed E-state index contributed by atoms with van der Waals surface area (Å²) in [6.07, 6.45) is 3.16. The first kappa shape index (κ1) is 21.3. The molecule has 0 unspecified atom stereocenters. The summed E-state index contributed by atoms with van der Waals surface area (Å²) in [4.78, 5) is 12.2. The van der Waals surface area contributed by atoms with Crippen molar-refractivity contribution in [1.82, 2.24) is 5.16 Å². The molecule has 7 nitrogen and oxygen atoms in total. The van der Waals surface area contributed by atoms with E-state index in [0.29, 0.717) is 17.4 Å². The molecule has 0 atom stereocenters. The summed E-state index contributed by atoms with van der Waals surface area (Å²) in [7, 11) is -3.80. The highest BCUT2D eigenvalue weighted by Gasteiger charge is 2.16. The molecule has 1 aromatic heterocycles. The van der Waals surface area contributed by atoms with Crippen LogP contribution < -0.4 is 10.0 Å². The fourth-order valence-corrected chi connectivity index (χ4v) is 3.66. The lowest BCUT2D eigenvalue weighted by Crippen LogP contribution is -2.13. The van der Waals surface area contributed by atoms with Gasteiger partial charge in [0.15, 0.2) is 5.82 Å². The average Bonchev–Trinajstić information content (AvgIpc) is 3.11. The van der Waals surface area contributed by atoms with Crippen molar-refractivity contribution in [3.8, 4) is 0 Å². The van der Waals surface area contributed by atoms with E-state index in [1.165, 1.54) is 42.0 Å². The van der Waals surface area contributed by atoms with E-state index in [4.69, 9.17) is 4.52 Å². The van der Waals surface area contributed by atoms with Gasteiger partial charge in [-0.1, -0.05) is 43.3 Å². The van der Waals surface area contributed by atoms with Crippen LogP contribution >= 0.6 is 0 Å². The highest BCUT2D eigenvalue weighted by Crippen LogP contribution is 2.19. The molecule has 0 bridgehead atoms. The minimum absolute atomic E-state index is 0.0435. The number of hydrogen-bond acceptors (Lipinski definition) is 5. The van der Waals surface area contributed by atoms with Gasteiger partial charge >= 0.3 is 0 Å². The SMILES string of the molecule is Cc1cc(NS(=O)(=O)c2ccc(NC(=O)/C=C/c3ccc(C(C)C)cc3)cc2)no1. The zero-order valence-electron chi connectivity index (χ0n) is 16.9. The van der Waals surface area contributed by atoms with Crippen LogP contribution in [0.3, 0.4) is 0 Å². The smallest absolute Gasteiger partial charge is 0.263 e. The molecule has 0 spiro atoms. The molecule has 0 aliphatic rings. The second-order valence-electron chi connectivity index (χ2n) is 7.10. The van der Waals surface area contributed by atoms with E-state index >= 15 is 0 Å². The summed E-state index contributed by atoms with van der Waals surface area (Å²) in [6.45, 7) is 5.91. The third-order valence-corrected chi connectivity index (χ3v) is 5.70. The fraction of sp³-hybridized carbons (Fsp3) is 0.182. The fourth-order valence-electron chi connectivity index (χ4n) is 2.68. The Hall–Kier alpha value is -3.39.